The second-order valence-corrected chi connectivity index (χ2v) is 7.16. The number of thiophene rings is 1. The van der Waals surface area contributed by atoms with Crippen LogP contribution in [0.3, 0.4) is 0 Å². The number of carbonyl (C=O) groups is 1. The lowest BCUT2D eigenvalue weighted by atomic mass is 10.4. The van der Waals surface area contributed by atoms with Crippen LogP contribution in [-0.2, 0) is 11.3 Å². The molecule has 1 fully saturated rings. The highest BCUT2D eigenvalue weighted by atomic mass is 32.2. The molecule has 0 radical (unpaired) electrons. The smallest absolute Gasteiger partial charge is 0.337 e. The van der Waals surface area contributed by atoms with E-state index in [1.807, 2.05) is 29.3 Å². The molecule has 2 aromatic rings. The molecule has 0 atom stereocenters. The molecule has 2 aromatic heterocycles. The van der Waals surface area contributed by atoms with Crippen LogP contribution in [-0.4, -0.2) is 37.9 Å². The van der Waals surface area contributed by atoms with Gasteiger partial charge in [0.25, 0.3) is 0 Å². The molecule has 3 rings (SSSR count). The highest BCUT2D eigenvalue weighted by molar-refractivity contribution is 7.99. The molecule has 118 valence electrons. The molecule has 22 heavy (non-hydrogen) atoms. The summed E-state index contributed by atoms with van der Waals surface area (Å²) in [5.74, 6) is 0.370. The van der Waals surface area contributed by atoms with E-state index in [4.69, 9.17) is 0 Å². The summed E-state index contributed by atoms with van der Waals surface area (Å²) < 4.78 is 1.67. The third kappa shape index (κ3) is 3.44. The fourth-order valence-corrected chi connectivity index (χ4v) is 3.87. The van der Waals surface area contributed by atoms with E-state index in [1.54, 1.807) is 15.9 Å². The lowest BCUT2D eigenvalue weighted by molar-refractivity contribution is -0.128. The standard InChI is InChI=1S/C14H18N4O2S2/c1-2-17(8-11-4-3-7-21-11)12(19)9-22-14-16-15-13(20)18(14)10-5-6-10/h3-4,7,10H,2,5-6,8-9H2,1H3,(H,15,20). The quantitative estimate of drug-likeness (QED) is 0.785. The molecular formula is C14H18N4O2S2. The number of hydrogen-bond donors (Lipinski definition) is 1. The number of carbonyl (C=O) groups excluding carboxylic acids is 1. The van der Waals surface area contributed by atoms with Crippen LogP contribution in [0.1, 0.15) is 30.7 Å². The van der Waals surface area contributed by atoms with Crippen molar-refractivity contribution in [1.82, 2.24) is 19.7 Å². The van der Waals surface area contributed by atoms with Crippen LogP contribution in [0, 0.1) is 0 Å². The predicted molar refractivity (Wildman–Crippen MR) is 87.3 cm³/mol. The molecule has 8 heteroatoms. The third-order valence-corrected chi connectivity index (χ3v) is 5.37. The molecule has 1 amide bonds. The van der Waals surface area contributed by atoms with E-state index in [0.29, 0.717) is 24.0 Å². The van der Waals surface area contributed by atoms with Crippen LogP contribution in [0.2, 0.25) is 0 Å². The summed E-state index contributed by atoms with van der Waals surface area (Å²) in [5.41, 5.74) is -0.177. The minimum absolute atomic E-state index is 0.0682. The van der Waals surface area contributed by atoms with Crippen LogP contribution in [0.5, 0.6) is 0 Å². The highest BCUT2D eigenvalue weighted by Gasteiger charge is 2.29. The molecule has 1 aliphatic rings. The fourth-order valence-electron chi connectivity index (χ4n) is 2.23. The molecule has 0 aliphatic heterocycles. The van der Waals surface area contributed by atoms with Crippen molar-refractivity contribution in [1.29, 1.82) is 0 Å². The summed E-state index contributed by atoms with van der Waals surface area (Å²) in [6, 6.07) is 4.29. The number of H-pyrrole nitrogens is 1. The fraction of sp³-hybridized carbons (Fsp3) is 0.500. The number of nitrogens with zero attached hydrogens (tertiary/aromatic N) is 3. The van der Waals surface area contributed by atoms with Gasteiger partial charge in [-0.1, -0.05) is 17.8 Å². The number of thioether (sulfide) groups is 1. The Labute approximate surface area is 136 Å². The van der Waals surface area contributed by atoms with Crippen molar-refractivity contribution in [2.75, 3.05) is 12.3 Å². The Hall–Kier alpha value is -1.54. The van der Waals surface area contributed by atoms with Gasteiger partial charge in [-0.2, -0.15) is 0 Å². The minimum atomic E-state index is -0.177. The van der Waals surface area contributed by atoms with Crippen molar-refractivity contribution in [3.8, 4) is 0 Å². The second kappa shape index (κ2) is 6.70. The van der Waals surface area contributed by atoms with Crippen LogP contribution in [0.4, 0.5) is 0 Å². The van der Waals surface area contributed by atoms with Gasteiger partial charge in [0, 0.05) is 17.5 Å². The lowest BCUT2D eigenvalue weighted by Crippen LogP contribution is -2.31. The topological polar surface area (TPSA) is 71.0 Å². The highest BCUT2D eigenvalue weighted by Crippen LogP contribution is 2.36. The van der Waals surface area contributed by atoms with Crippen molar-refractivity contribution in [3.05, 3.63) is 32.9 Å². The Kier molecular flexibility index (Phi) is 4.68. The summed E-state index contributed by atoms with van der Waals surface area (Å²) in [4.78, 5) is 27.1. The van der Waals surface area contributed by atoms with Gasteiger partial charge in [0.15, 0.2) is 5.16 Å². The SMILES string of the molecule is CCN(Cc1cccs1)C(=O)CSc1n[nH]c(=O)n1C1CC1. The lowest BCUT2D eigenvalue weighted by Gasteiger charge is -2.19. The molecule has 1 aliphatic carbocycles. The van der Waals surface area contributed by atoms with Gasteiger partial charge in [-0.25, -0.2) is 9.89 Å². The summed E-state index contributed by atoms with van der Waals surface area (Å²) >= 11 is 2.99. The number of rotatable bonds is 7. The zero-order valence-electron chi connectivity index (χ0n) is 12.3. The molecular weight excluding hydrogens is 320 g/mol. The molecule has 0 saturated heterocycles. The van der Waals surface area contributed by atoms with E-state index >= 15 is 0 Å². The van der Waals surface area contributed by atoms with Crippen LogP contribution in [0.15, 0.2) is 27.5 Å². The Morgan fingerprint density at radius 3 is 3.05 bits per heavy atom. The first kappa shape index (κ1) is 15.4. The second-order valence-electron chi connectivity index (χ2n) is 5.19. The molecule has 6 nitrogen and oxygen atoms in total. The van der Waals surface area contributed by atoms with Gasteiger partial charge in [0.1, 0.15) is 0 Å². The third-order valence-electron chi connectivity index (χ3n) is 3.57. The number of aromatic nitrogens is 3. The van der Waals surface area contributed by atoms with Gasteiger partial charge in [0.2, 0.25) is 5.91 Å². The first-order chi connectivity index (χ1) is 10.7. The van der Waals surface area contributed by atoms with Crippen LogP contribution >= 0.6 is 23.1 Å². The number of aromatic amines is 1. The van der Waals surface area contributed by atoms with Crippen molar-refractivity contribution >= 4 is 29.0 Å². The number of hydrogen-bond acceptors (Lipinski definition) is 5. The number of nitrogens with one attached hydrogen (secondary N) is 1. The average molecular weight is 338 g/mol. The van der Waals surface area contributed by atoms with Crippen molar-refractivity contribution in [2.45, 2.75) is 37.5 Å². The van der Waals surface area contributed by atoms with E-state index in [1.165, 1.54) is 16.6 Å². The van der Waals surface area contributed by atoms with E-state index in [9.17, 15) is 9.59 Å². The van der Waals surface area contributed by atoms with Gasteiger partial charge < -0.3 is 4.90 Å². The molecule has 1 saturated carbocycles. The summed E-state index contributed by atoms with van der Waals surface area (Å²) in [6.45, 7) is 3.29. The largest absolute Gasteiger partial charge is 0.344 e. The summed E-state index contributed by atoms with van der Waals surface area (Å²) in [6.07, 6.45) is 2.03. The van der Waals surface area contributed by atoms with Crippen molar-refractivity contribution < 1.29 is 4.79 Å². The summed E-state index contributed by atoms with van der Waals surface area (Å²) in [5, 5.41) is 9.14. The predicted octanol–water partition coefficient (Wildman–Crippen LogP) is 2.11. The van der Waals surface area contributed by atoms with Crippen LogP contribution < -0.4 is 5.69 Å². The molecule has 0 unspecified atom stereocenters. The van der Waals surface area contributed by atoms with Crippen LogP contribution in [0.25, 0.3) is 0 Å². The van der Waals surface area contributed by atoms with Crippen molar-refractivity contribution in [3.63, 3.8) is 0 Å². The van der Waals surface area contributed by atoms with Gasteiger partial charge >= 0.3 is 5.69 Å². The molecule has 0 aromatic carbocycles. The molecule has 2 heterocycles. The first-order valence-corrected chi connectivity index (χ1v) is 9.15. The number of amides is 1. The van der Waals surface area contributed by atoms with Gasteiger partial charge in [-0.15, -0.1) is 16.4 Å². The van der Waals surface area contributed by atoms with Gasteiger partial charge in [0.05, 0.1) is 12.3 Å². The first-order valence-electron chi connectivity index (χ1n) is 7.29. The van der Waals surface area contributed by atoms with E-state index in [0.717, 1.165) is 12.8 Å². The van der Waals surface area contributed by atoms with E-state index in [2.05, 4.69) is 10.2 Å². The zero-order valence-corrected chi connectivity index (χ0v) is 14.0. The maximum Gasteiger partial charge on any atom is 0.344 e. The normalized spacial score (nSPS) is 14.2. The van der Waals surface area contributed by atoms with E-state index < -0.39 is 0 Å². The maximum absolute atomic E-state index is 12.4. The van der Waals surface area contributed by atoms with Gasteiger partial charge in [-0.05, 0) is 31.2 Å². The Balaban J connectivity index is 1.60. The Morgan fingerprint density at radius 1 is 1.59 bits per heavy atom. The Bertz CT molecular complexity index is 688. The zero-order chi connectivity index (χ0) is 15.5. The van der Waals surface area contributed by atoms with E-state index in [-0.39, 0.29) is 17.6 Å². The minimum Gasteiger partial charge on any atom is -0.337 e. The van der Waals surface area contributed by atoms with Crippen molar-refractivity contribution in [2.24, 2.45) is 0 Å². The molecule has 0 bridgehead atoms. The average Bonchev–Trinajstić information content (AvgIpc) is 3.08. The van der Waals surface area contributed by atoms with Gasteiger partial charge in [-0.3, -0.25) is 9.36 Å². The monoisotopic (exact) mass is 338 g/mol. The Morgan fingerprint density at radius 2 is 2.41 bits per heavy atom. The molecule has 0 spiro atoms. The summed E-state index contributed by atoms with van der Waals surface area (Å²) in [7, 11) is 0. The maximum atomic E-state index is 12.4. The molecule has 1 N–H and O–H groups in total.